The zero-order chi connectivity index (χ0) is 13.3. The van der Waals surface area contributed by atoms with Gasteiger partial charge in [-0.2, -0.15) is 0 Å². The Balaban J connectivity index is 2.59. The van der Waals surface area contributed by atoms with Crippen molar-refractivity contribution in [2.75, 3.05) is 7.11 Å². The molecular formula is C15H19NO2. The molecule has 3 nitrogen and oxygen atoms in total. The number of aryl methyl sites for hydroxylation is 1. The van der Waals surface area contributed by atoms with Crippen LogP contribution in [-0.2, 0) is 0 Å². The molecule has 0 unspecified atom stereocenters. The zero-order valence-electron chi connectivity index (χ0n) is 11.6. The van der Waals surface area contributed by atoms with Crippen molar-refractivity contribution in [1.29, 1.82) is 0 Å². The van der Waals surface area contributed by atoms with E-state index in [2.05, 4.69) is 4.98 Å². The van der Waals surface area contributed by atoms with E-state index in [0.717, 1.165) is 28.1 Å². The first-order valence-electron chi connectivity index (χ1n) is 6.03. The standard InChI is InChI=1S/C15H19NO2/c1-10-8-14(18-15(2,3)4)12-7-6-11(17-5)9-13(12)16-10/h6-9H,1-5H3. The molecule has 0 aliphatic rings. The normalized spacial score (nSPS) is 11.6. The summed E-state index contributed by atoms with van der Waals surface area (Å²) >= 11 is 0. The highest BCUT2D eigenvalue weighted by molar-refractivity contribution is 5.86. The maximum atomic E-state index is 5.99. The van der Waals surface area contributed by atoms with E-state index < -0.39 is 0 Å². The van der Waals surface area contributed by atoms with Crippen LogP contribution in [0.25, 0.3) is 10.9 Å². The Morgan fingerprint density at radius 2 is 1.83 bits per heavy atom. The number of pyridine rings is 1. The number of fused-ring (bicyclic) bond motifs is 1. The number of hydrogen-bond acceptors (Lipinski definition) is 3. The van der Waals surface area contributed by atoms with Gasteiger partial charge in [0.1, 0.15) is 17.1 Å². The molecule has 96 valence electrons. The molecule has 0 fully saturated rings. The zero-order valence-corrected chi connectivity index (χ0v) is 11.6. The lowest BCUT2D eigenvalue weighted by atomic mass is 10.1. The minimum atomic E-state index is -0.222. The lowest BCUT2D eigenvalue weighted by molar-refractivity contribution is 0.133. The summed E-state index contributed by atoms with van der Waals surface area (Å²) in [4.78, 5) is 4.51. The number of methoxy groups -OCH3 is 1. The summed E-state index contributed by atoms with van der Waals surface area (Å²) < 4.78 is 11.2. The molecule has 0 saturated heterocycles. The molecule has 0 N–H and O–H groups in total. The molecule has 0 radical (unpaired) electrons. The first-order chi connectivity index (χ1) is 8.39. The molecule has 0 spiro atoms. The molecule has 2 rings (SSSR count). The van der Waals surface area contributed by atoms with Gasteiger partial charge < -0.3 is 9.47 Å². The molecule has 1 aromatic heterocycles. The molecule has 3 heteroatoms. The molecule has 0 aliphatic carbocycles. The van der Waals surface area contributed by atoms with Crippen molar-refractivity contribution >= 4 is 10.9 Å². The number of ether oxygens (including phenoxy) is 2. The van der Waals surface area contributed by atoms with Gasteiger partial charge >= 0.3 is 0 Å². The minimum absolute atomic E-state index is 0.222. The molecule has 2 aromatic rings. The van der Waals surface area contributed by atoms with Crippen LogP contribution in [0.3, 0.4) is 0 Å². The van der Waals surface area contributed by atoms with Crippen molar-refractivity contribution in [2.45, 2.75) is 33.3 Å². The molecule has 0 saturated carbocycles. The highest BCUT2D eigenvalue weighted by Crippen LogP contribution is 2.30. The van der Waals surface area contributed by atoms with Crippen molar-refractivity contribution < 1.29 is 9.47 Å². The van der Waals surface area contributed by atoms with E-state index in [0.29, 0.717) is 0 Å². The van der Waals surface area contributed by atoms with Crippen molar-refractivity contribution in [3.05, 3.63) is 30.0 Å². The lowest BCUT2D eigenvalue weighted by Crippen LogP contribution is -2.23. The van der Waals surface area contributed by atoms with Crippen LogP contribution in [0.2, 0.25) is 0 Å². The number of hydrogen-bond donors (Lipinski definition) is 0. The summed E-state index contributed by atoms with van der Waals surface area (Å²) in [6.07, 6.45) is 0. The van der Waals surface area contributed by atoms with Gasteiger partial charge in [-0.25, -0.2) is 0 Å². The van der Waals surface area contributed by atoms with Gasteiger partial charge in [-0.1, -0.05) is 0 Å². The lowest BCUT2D eigenvalue weighted by Gasteiger charge is -2.22. The van der Waals surface area contributed by atoms with E-state index in [-0.39, 0.29) is 5.60 Å². The second-order valence-electron chi connectivity index (χ2n) is 5.36. The average molecular weight is 245 g/mol. The fraction of sp³-hybridized carbons (Fsp3) is 0.400. The van der Waals surface area contributed by atoms with Gasteiger partial charge in [0.25, 0.3) is 0 Å². The molecule has 1 aromatic carbocycles. The monoisotopic (exact) mass is 245 g/mol. The largest absolute Gasteiger partial charge is 0.497 e. The van der Waals surface area contributed by atoms with Crippen LogP contribution in [0.15, 0.2) is 24.3 Å². The van der Waals surface area contributed by atoms with Gasteiger partial charge in [-0.05, 0) is 39.8 Å². The van der Waals surface area contributed by atoms with Crippen LogP contribution in [-0.4, -0.2) is 17.7 Å². The van der Waals surface area contributed by atoms with E-state index >= 15 is 0 Å². The fourth-order valence-electron chi connectivity index (χ4n) is 1.84. The van der Waals surface area contributed by atoms with Crippen LogP contribution in [0, 0.1) is 6.92 Å². The third-order valence-corrected chi connectivity index (χ3v) is 2.52. The second kappa shape index (κ2) is 4.48. The summed E-state index contributed by atoms with van der Waals surface area (Å²) in [5.74, 6) is 1.68. The SMILES string of the molecule is COc1ccc2c(OC(C)(C)C)cc(C)nc2c1. The third kappa shape index (κ3) is 2.73. The first kappa shape index (κ1) is 12.7. The van der Waals surface area contributed by atoms with Crippen LogP contribution in [0.1, 0.15) is 26.5 Å². The quantitative estimate of drug-likeness (QED) is 0.807. The molecule has 0 amide bonds. The third-order valence-electron chi connectivity index (χ3n) is 2.52. The van der Waals surface area contributed by atoms with Crippen LogP contribution >= 0.6 is 0 Å². The molecule has 0 atom stereocenters. The smallest absolute Gasteiger partial charge is 0.131 e. The Hall–Kier alpha value is -1.77. The maximum absolute atomic E-state index is 5.99. The van der Waals surface area contributed by atoms with Crippen molar-refractivity contribution in [1.82, 2.24) is 4.98 Å². The van der Waals surface area contributed by atoms with Gasteiger partial charge in [0.15, 0.2) is 0 Å². The highest BCUT2D eigenvalue weighted by Gasteiger charge is 2.15. The topological polar surface area (TPSA) is 31.4 Å². The van der Waals surface area contributed by atoms with Gasteiger partial charge in [0, 0.05) is 23.2 Å². The second-order valence-corrected chi connectivity index (χ2v) is 5.36. The minimum Gasteiger partial charge on any atom is -0.497 e. The molecule has 18 heavy (non-hydrogen) atoms. The Kier molecular flexibility index (Phi) is 3.16. The van der Waals surface area contributed by atoms with E-state index in [1.165, 1.54) is 0 Å². The van der Waals surface area contributed by atoms with Crippen LogP contribution in [0.4, 0.5) is 0 Å². The predicted octanol–water partition coefficient (Wildman–Crippen LogP) is 3.73. The maximum Gasteiger partial charge on any atom is 0.131 e. The van der Waals surface area contributed by atoms with Gasteiger partial charge in [0.2, 0.25) is 0 Å². The molecule has 0 bridgehead atoms. The van der Waals surface area contributed by atoms with Crippen molar-refractivity contribution in [3.63, 3.8) is 0 Å². The first-order valence-corrected chi connectivity index (χ1v) is 6.03. The van der Waals surface area contributed by atoms with E-state index in [1.54, 1.807) is 7.11 Å². The average Bonchev–Trinajstić information content (AvgIpc) is 2.25. The van der Waals surface area contributed by atoms with E-state index in [1.807, 2.05) is 52.0 Å². The van der Waals surface area contributed by atoms with Crippen LogP contribution in [0.5, 0.6) is 11.5 Å². The summed E-state index contributed by atoms with van der Waals surface area (Å²) in [6, 6.07) is 7.81. The Morgan fingerprint density at radius 3 is 2.44 bits per heavy atom. The summed E-state index contributed by atoms with van der Waals surface area (Å²) in [5.41, 5.74) is 1.62. The number of nitrogens with zero attached hydrogens (tertiary/aromatic N) is 1. The highest BCUT2D eigenvalue weighted by atomic mass is 16.5. The van der Waals surface area contributed by atoms with Gasteiger partial charge in [-0.3, -0.25) is 4.98 Å². The number of aromatic nitrogens is 1. The molecule has 0 aliphatic heterocycles. The van der Waals surface area contributed by atoms with Crippen molar-refractivity contribution in [2.24, 2.45) is 0 Å². The van der Waals surface area contributed by atoms with Crippen LogP contribution < -0.4 is 9.47 Å². The number of rotatable bonds is 2. The van der Waals surface area contributed by atoms with E-state index in [4.69, 9.17) is 9.47 Å². The Morgan fingerprint density at radius 1 is 1.11 bits per heavy atom. The van der Waals surface area contributed by atoms with E-state index in [9.17, 15) is 0 Å². The predicted molar refractivity (Wildman–Crippen MR) is 73.4 cm³/mol. The number of benzene rings is 1. The summed E-state index contributed by atoms with van der Waals surface area (Å²) in [5, 5.41) is 1.01. The summed E-state index contributed by atoms with van der Waals surface area (Å²) in [6.45, 7) is 8.09. The Labute approximate surface area is 108 Å². The summed E-state index contributed by atoms with van der Waals surface area (Å²) in [7, 11) is 1.66. The molecular weight excluding hydrogens is 226 g/mol. The fourth-order valence-corrected chi connectivity index (χ4v) is 1.84. The molecule has 1 heterocycles. The van der Waals surface area contributed by atoms with Gasteiger partial charge in [-0.15, -0.1) is 0 Å². The Bertz CT molecular complexity index is 570. The van der Waals surface area contributed by atoms with Gasteiger partial charge in [0.05, 0.1) is 12.6 Å². The van der Waals surface area contributed by atoms with Crippen molar-refractivity contribution in [3.8, 4) is 11.5 Å².